The minimum absolute atomic E-state index is 0.0979. The van der Waals surface area contributed by atoms with Gasteiger partial charge in [-0.3, -0.25) is 4.79 Å². The summed E-state index contributed by atoms with van der Waals surface area (Å²) in [5, 5.41) is 2.00. The molecule has 1 aromatic heterocycles. The minimum atomic E-state index is -0.781. The molecule has 0 saturated carbocycles. The minimum Gasteiger partial charge on any atom is -0.485 e. The fourth-order valence-electron chi connectivity index (χ4n) is 3.57. The molecule has 0 spiro atoms. The topological polar surface area (TPSA) is 55.8 Å². The quantitative estimate of drug-likeness (QED) is 0.569. The van der Waals surface area contributed by atoms with Crippen LogP contribution in [-0.2, 0) is 9.53 Å². The van der Waals surface area contributed by atoms with E-state index in [0.29, 0.717) is 5.56 Å². The standard InChI is InChI=1S/C23H20FNO4S/c1-28-23(27)19-13-17(29-20-6-3-2-5-18(20)24)14-25(19)22(26)16-10-8-15(9-11-16)21-7-4-12-30-21/h2-12,17,19H,13-14H2,1H3/t17-,19-/m0/s1. The molecule has 0 aliphatic carbocycles. The predicted octanol–water partition coefficient (Wildman–Crippen LogP) is 4.39. The van der Waals surface area contributed by atoms with Crippen LogP contribution in [0.25, 0.3) is 10.4 Å². The normalized spacial score (nSPS) is 18.3. The van der Waals surface area contributed by atoms with Crippen LogP contribution in [0.1, 0.15) is 16.8 Å². The SMILES string of the molecule is COC(=O)[C@@H]1C[C@H](Oc2ccccc2F)CN1C(=O)c1ccc(-c2cccs2)cc1. The molecule has 7 heteroatoms. The summed E-state index contributed by atoms with van der Waals surface area (Å²) in [5.74, 6) is -1.19. The van der Waals surface area contributed by atoms with Crippen LogP contribution in [0.2, 0.25) is 0 Å². The number of amides is 1. The van der Waals surface area contributed by atoms with Crippen LogP contribution in [0, 0.1) is 5.82 Å². The zero-order valence-corrected chi connectivity index (χ0v) is 17.1. The van der Waals surface area contributed by atoms with Crippen LogP contribution in [0.4, 0.5) is 4.39 Å². The summed E-state index contributed by atoms with van der Waals surface area (Å²) in [6, 6.07) is 16.5. The molecule has 0 radical (unpaired) electrons. The van der Waals surface area contributed by atoms with Crippen LogP contribution in [0.3, 0.4) is 0 Å². The number of rotatable bonds is 5. The number of likely N-dealkylation sites (tertiary alicyclic amines) is 1. The molecule has 0 bridgehead atoms. The van der Waals surface area contributed by atoms with Crippen LogP contribution >= 0.6 is 11.3 Å². The second kappa shape index (κ2) is 8.67. The van der Waals surface area contributed by atoms with E-state index in [1.54, 1.807) is 35.6 Å². The lowest BCUT2D eigenvalue weighted by Gasteiger charge is -2.22. The van der Waals surface area contributed by atoms with Crippen molar-refractivity contribution in [2.75, 3.05) is 13.7 Å². The average molecular weight is 425 g/mol. The smallest absolute Gasteiger partial charge is 0.328 e. The molecule has 1 fully saturated rings. The van der Waals surface area contributed by atoms with Gasteiger partial charge in [0.1, 0.15) is 12.1 Å². The maximum atomic E-state index is 13.9. The van der Waals surface area contributed by atoms with E-state index in [0.717, 1.165) is 10.4 Å². The van der Waals surface area contributed by atoms with Gasteiger partial charge in [0.2, 0.25) is 0 Å². The maximum Gasteiger partial charge on any atom is 0.328 e. The number of methoxy groups -OCH3 is 1. The lowest BCUT2D eigenvalue weighted by atomic mass is 10.1. The van der Waals surface area contributed by atoms with Gasteiger partial charge in [0.15, 0.2) is 11.6 Å². The Hall–Kier alpha value is -3.19. The highest BCUT2D eigenvalue weighted by Gasteiger charge is 2.42. The molecule has 4 rings (SSSR count). The summed E-state index contributed by atoms with van der Waals surface area (Å²) in [6.07, 6.45) is -0.277. The first kappa shape index (κ1) is 20.1. The number of hydrogen-bond acceptors (Lipinski definition) is 5. The highest BCUT2D eigenvalue weighted by Crippen LogP contribution is 2.28. The lowest BCUT2D eigenvalue weighted by molar-refractivity contribution is -0.145. The van der Waals surface area contributed by atoms with E-state index in [4.69, 9.17) is 9.47 Å². The van der Waals surface area contributed by atoms with Gasteiger partial charge in [-0.25, -0.2) is 9.18 Å². The van der Waals surface area contributed by atoms with E-state index in [2.05, 4.69) is 0 Å². The summed E-state index contributed by atoms with van der Waals surface area (Å²) >= 11 is 1.62. The summed E-state index contributed by atoms with van der Waals surface area (Å²) in [7, 11) is 1.28. The number of carbonyl (C=O) groups is 2. The number of hydrogen-bond donors (Lipinski definition) is 0. The Morgan fingerprint density at radius 1 is 1.07 bits per heavy atom. The zero-order chi connectivity index (χ0) is 21.1. The first-order valence-corrected chi connectivity index (χ1v) is 10.4. The van der Waals surface area contributed by atoms with Gasteiger partial charge in [0.05, 0.1) is 13.7 Å². The first-order valence-electron chi connectivity index (χ1n) is 9.50. The highest BCUT2D eigenvalue weighted by molar-refractivity contribution is 7.13. The predicted molar refractivity (Wildman–Crippen MR) is 112 cm³/mol. The molecule has 1 aliphatic heterocycles. The van der Waals surface area contributed by atoms with Crippen LogP contribution in [-0.4, -0.2) is 42.6 Å². The molecular weight excluding hydrogens is 405 g/mol. The van der Waals surface area contributed by atoms with E-state index in [1.807, 2.05) is 29.6 Å². The summed E-state index contributed by atoms with van der Waals surface area (Å²) in [4.78, 5) is 28.0. The molecule has 2 heterocycles. The number of nitrogens with zero attached hydrogens (tertiary/aromatic N) is 1. The number of esters is 1. The molecule has 3 aromatic rings. The van der Waals surface area contributed by atoms with Crippen molar-refractivity contribution < 1.29 is 23.5 Å². The third kappa shape index (κ3) is 4.07. The van der Waals surface area contributed by atoms with E-state index in [9.17, 15) is 14.0 Å². The molecule has 0 N–H and O–H groups in total. The van der Waals surface area contributed by atoms with Gasteiger partial charge in [0, 0.05) is 16.9 Å². The lowest BCUT2D eigenvalue weighted by Crippen LogP contribution is -2.41. The van der Waals surface area contributed by atoms with Gasteiger partial charge < -0.3 is 14.4 Å². The van der Waals surface area contributed by atoms with Crippen molar-refractivity contribution >= 4 is 23.2 Å². The van der Waals surface area contributed by atoms with Crippen molar-refractivity contribution in [2.45, 2.75) is 18.6 Å². The van der Waals surface area contributed by atoms with Crippen molar-refractivity contribution in [1.82, 2.24) is 4.90 Å². The van der Waals surface area contributed by atoms with Crippen molar-refractivity contribution in [3.63, 3.8) is 0 Å². The second-order valence-electron chi connectivity index (χ2n) is 6.96. The van der Waals surface area contributed by atoms with Crippen molar-refractivity contribution in [3.05, 3.63) is 77.4 Å². The third-order valence-electron chi connectivity index (χ3n) is 5.06. The summed E-state index contributed by atoms with van der Waals surface area (Å²) in [5.41, 5.74) is 1.49. The Kier molecular flexibility index (Phi) is 5.81. The molecule has 30 heavy (non-hydrogen) atoms. The van der Waals surface area contributed by atoms with Gasteiger partial charge in [-0.15, -0.1) is 11.3 Å². The molecule has 1 amide bonds. The van der Waals surface area contributed by atoms with Crippen molar-refractivity contribution in [1.29, 1.82) is 0 Å². The number of ether oxygens (including phenoxy) is 2. The highest BCUT2D eigenvalue weighted by atomic mass is 32.1. The number of carbonyl (C=O) groups excluding carboxylic acids is 2. The first-order chi connectivity index (χ1) is 14.6. The number of thiophene rings is 1. The van der Waals surface area contributed by atoms with Crippen molar-refractivity contribution in [3.8, 4) is 16.2 Å². The Bertz CT molecular complexity index is 1040. The Balaban J connectivity index is 1.53. The number of benzene rings is 2. The van der Waals surface area contributed by atoms with E-state index in [1.165, 1.54) is 24.1 Å². The Labute approximate surface area is 177 Å². The van der Waals surface area contributed by atoms with Crippen LogP contribution in [0.15, 0.2) is 66.0 Å². The third-order valence-corrected chi connectivity index (χ3v) is 5.98. The van der Waals surface area contributed by atoms with Gasteiger partial charge in [-0.1, -0.05) is 30.3 Å². The van der Waals surface area contributed by atoms with E-state index < -0.39 is 23.9 Å². The Morgan fingerprint density at radius 2 is 1.83 bits per heavy atom. The molecular formula is C23H20FNO4S. The summed E-state index contributed by atoms with van der Waals surface area (Å²) in [6.45, 7) is 0.166. The molecule has 2 atom stereocenters. The maximum absolute atomic E-state index is 13.9. The largest absolute Gasteiger partial charge is 0.485 e. The molecule has 1 saturated heterocycles. The fourth-order valence-corrected chi connectivity index (χ4v) is 4.31. The molecule has 2 aromatic carbocycles. The van der Waals surface area contributed by atoms with Crippen molar-refractivity contribution in [2.24, 2.45) is 0 Å². The van der Waals surface area contributed by atoms with E-state index >= 15 is 0 Å². The molecule has 5 nitrogen and oxygen atoms in total. The molecule has 154 valence electrons. The van der Waals surface area contributed by atoms with E-state index in [-0.39, 0.29) is 24.6 Å². The monoisotopic (exact) mass is 425 g/mol. The van der Waals surface area contributed by atoms with Crippen LogP contribution in [0.5, 0.6) is 5.75 Å². The second-order valence-corrected chi connectivity index (χ2v) is 7.90. The van der Waals surface area contributed by atoms with Crippen LogP contribution < -0.4 is 4.74 Å². The number of halogens is 1. The molecule has 1 aliphatic rings. The van der Waals surface area contributed by atoms with Gasteiger partial charge in [-0.05, 0) is 41.3 Å². The Morgan fingerprint density at radius 3 is 2.50 bits per heavy atom. The van der Waals surface area contributed by atoms with Gasteiger partial charge in [-0.2, -0.15) is 0 Å². The van der Waals surface area contributed by atoms with Gasteiger partial charge >= 0.3 is 5.97 Å². The fraction of sp³-hybridized carbons (Fsp3) is 0.217. The number of para-hydroxylation sites is 1. The molecule has 0 unspecified atom stereocenters. The summed E-state index contributed by atoms with van der Waals surface area (Å²) < 4.78 is 24.6. The average Bonchev–Trinajstić information content (AvgIpc) is 3.45. The zero-order valence-electron chi connectivity index (χ0n) is 16.3. The van der Waals surface area contributed by atoms with Gasteiger partial charge in [0.25, 0.3) is 5.91 Å².